The molecule has 0 aromatic heterocycles. The van der Waals surface area contributed by atoms with Crippen molar-refractivity contribution >= 4 is 23.6 Å². The first-order valence-electron chi connectivity index (χ1n) is 4.04. The minimum atomic E-state index is -0.580. The molecule has 0 aliphatic rings. The van der Waals surface area contributed by atoms with E-state index in [2.05, 4.69) is 0 Å². The molecule has 0 atom stereocenters. The third-order valence-corrected chi connectivity index (χ3v) is 1.66. The van der Waals surface area contributed by atoms with E-state index in [0.717, 1.165) is 6.07 Å². The fourth-order valence-electron chi connectivity index (χ4n) is 0.735. The summed E-state index contributed by atoms with van der Waals surface area (Å²) in [4.78, 5) is 19.9. The van der Waals surface area contributed by atoms with E-state index in [1.165, 1.54) is 12.1 Å². The van der Waals surface area contributed by atoms with Gasteiger partial charge in [0.05, 0.1) is 9.95 Å². The van der Waals surface area contributed by atoms with E-state index < -0.39 is 4.92 Å². The second-order valence-corrected chi connectivity index (χ2v) is 2.49. The van der Waals surface area contributed by atoms with Gasteiger partial charge in [0.25, 0.3) is 5.69 Å². The Balaban J connectivity index is 0.000000791. The lowest BCUT2D eigenvalue weighted by atomic mass is 10.2. The first-order valence-corrected chi connectivity index (χ1v) is 4.42. The largest absolute Gasteiger partial charge is 0.298 e. The molecule has 4 nitrogen and oxygen atoms in total. The molecule has 0 amide bonds. The molecule has 14 heavy (non-hydrogen) atoms. The summed E-state index contributed by atoms with van der Waals surface area (Å²) in [5.41, 5.74) is -0.00707. The molecular weight excluding hydrogens is 206 g/mol. The number of hydrogen-bond donors (Lipinski definition) is 0. The molecule has 0 heterocycles. The van der Waals surface area contributed by atoms with Crippen LogP contribution in [0.2, 0.25) is 5.02 Å². The number of hydrogen-bond acceptors (Lipinski definition) is 3. The Kier molecular flexibility index (Phi) is 5.48. The first kappa shape index (κ1) is 12.6. The van der Waals surface area contributed by atoms with Crippen molar-refractivity contribution in [3.8, 4) is 0 Å². The number of nitro benzene ring substituents is 1. The number of rotatable bonds is 2. The number of aldehydes is 1. The summed E-state index contributed by atoms with van der Waals surface area (Å²) < 4.78 is 0. The van der Waals surface area contributed by atoms with Crippen LogP contribution in [0.5, 0.6) is 0 Å². The number of nitrogens with zero attached hydrogens (tertiary/aromatic N) is 1. The van der Waals surface area contributed by atoms with Gasteiger partial charge < -0.3 is 0 Å². The fraction of sp³-hybridized carbons (Fsp3) is 0.222. The normalized spacial score (nSPS) is 8.50. The van der Waals surface area contributed by atoms with Gasteiger partial charge in [-0.15, -0.1) is 0 Å². The molecule has 5 heteroatoms. The van der Waals surface area contributed by atoms with Crippen molar-refractivity contribution in [2.75, 3.05) is 0 Å². The van der Waals surface area contributed by atoms with Gasteiger partial charge in [-0.3, -0.25) is 14.9 Å². The number of carbonyl (C=O) groups excluding carboxylic acids is 1. The van der Waals surface area contributed by atoms with Crippen molar-refractivity contribution in [1.82, 2.24) is 0 Å². The second-order valence-electron chi connectivity index (χ2n) is 2.08. The van der Waals surface area contributed by atoms with Crippen LogP contribution in [0, 0.1) is 10.1 Å². The zero-order chi connectivity index (χ0) is 11.1. The molecule has 0 aliphatic carbocycles. The SMILES string of the molecule is CC.O=Cc1cc([N+](=O)[O-])ccc1Cl. The molecule has 0 aliphatic heterocycles. The van der Waals surface area contributed by atoms with Gasteiger partial charge in [-0.1, -0.05) is 25.4 Å². The summed E-state index contributed by atoms with van der Waals surface area (Å²) in [6.45, 7) is 4.00. The summed E-state index contributed by atoms with van der Waals surface area (Å²) in [7, 11) is 0. The molecule has 0 fully saturated rings. The van der Waals surface area contributed by atoms with Crippen LogP contribution < -0.4 is 0 Å². The van der Waals surface area contributed by atoms with E-state index in [1.807, 2.05) is 13.8 Å². The van der Waals surface area contributed by atoms with E-state index in [-0.39, 0.29) is 16.3 Å². The Morgan fingerprint density at radius 1 is 1.43 bits per heavy atom. The minimum absolute atomic E-state index is 0.130. The zero-order valence-corrected chi connectivity index (χ0v) is 8.62. The lowest BCUT2D eigenvalue weighted by Crippen LogP contribution is -1.90. The predicted octanol–water partition coefficient (Wildman–Crippen LogP) is 3.09. The minimum Gasteiger partial charge on any atom is -0.298 e. The highest BCUT2D eigenvalue weighted by atomic mass is 35.5. The summed E-state index contributed by atoms with van der Waals surface area (Å²) in [5, 5.41) is 10.4. The zero-order valence-electron chi connectivity index (χ0n) is 7.86. The van der Waals surface area contributed by atoms with Gasteiger partial charge in [0.2, 0.25) is 0 Å². The van der Waals surface area contributed by atoms with Crippen LogP contribution in [-0.2, 0) is 0 Å². The number of benzene rings is 1. The van der Waals surface area contributed by atoms with E-state index in [4.69, 9.17) is 11.6 Å². The van der Waals surface area contributed by atoms with Crippen LogP contribution in [0.15, 0.2) is 18.2 Å². The monoisotopic (exact) mass is 215 g/mol. The van der Waals surface area contributed by atoms with Crippen molar-refractivity contribution in [1.29, 1.82) is 0 Å². The molecule has 0 N–H and O–H groups in total. The third-order valence-electron chi connectivity index (χ3n) is 1.32. The Hall–Kier alpha value is -1.42. The van der Waals surface area contributed by atoms with Gasteiger partial charge >= 0.3 is 0 Å². The molecule has 1 aromatic rings. The fourth-order valence-corrected chi connectivity index (χ4v) is 0.897. The first-order chi connectivity index (χ1) is 6.65. The molecule has 0 saturated carbocycles. The Labute approximate surface area is 86.6 Å². The van der Waals surface area contributed by atoms with Crippen LogP contribution in [-0.4, -0.2) is 11.2 Å². The average Bonchev–Trinajstić information content (AvgIpc) is 2.21. The maximum Gasteiger partial charge on any atom is 0.270 e. The van der Waals surface area contributed by atoms with E-state index in [9.17, 15) is 14.9 Å². The highest BCUT2D eigenvalue weighted by molar-refractivity contribution is 6.33. The molecule has 0 bridgehead atoms. The van der Waals surface area contributed by atoms with Crippen LogP contribution in [0.4, 0.5) is 5.69 Å². The lowest BCUT2D eigenvalue weighted by molar-refractivity contribution is -0.384. The summed E-state index contributed by atoms with van der Waals surface area (Å²) >= 11 is 5.55. The molecular formula is C9H10ClNO3. The van der Waals surface area contributed by atoms with Crippen molar-refractivity contribution in [2.24, 2.45) is 0 Å². The van der Waals surface area contributed by atoms with Crippen LogP contribution >= 0.6 is 11.6 Å². The quantitative estimate of drug-likeness (QED) is 0.433. The molecule has 0 spiro atoms. The van der Waals surface area contributed by atoms with Gasteiger partial charge in [-0.2, -0.15) is 0 Å². The Bertz CT molecular complexity index is 339. The number of halogens is 1. The Morgan fingerprint density at radius 2 is 2.00 bits per heavy atom. The van der Waals surface area contributed by atoms with Crippen molar-refractivity contribution < 1.29 is 9.72 Å². The standard InChI is InChI=1S/C7H4ClNO3.C2H6/c8-7-2-1-6(9(11)12)3-5(7)4-10;1-2/h1-4H;1-2H3. The van der Waals surface area contributed by atoms with Gasteiger partial charge in [-0.05, 0) is 6.07 Å². The topological polar surface area (TPSA) is 60.2 Å². The van der Waals surface area contributed by atoms with E-state index in [0.29, 0.717) is 6.29 Å². The van der Waals surface area contributed by atoms with Gasteiger partial charge in [0.1, 0.15) is 0 Å². The summed E-state index contributed by atoms with van der Waals surface area (Å²) in [6.07, 6.45) is 0.481. The number of non-ortho nitro benzene ring substituents is 1. The number of carbonyl (C=O) groups is 1. The molecule has 0 saturated heterocycles. The molecule has 0 radical (unpaired) electrons. The van der Waals surface area contributed by atoms with E-state index >= 15 is 0 Å². The van der Waals surface area contributed by atoms with Crippen molar-refractivity contribution in [3.63, 3.8) is 0 Å². The van der Waals surface area contributed by atoms with Crippen molar-refractivity contribution in [2.45, 2.75) is 13.8 Å². The maximum atomic E-state index is 10.3. The maximum absolute atomic E-state index is 10.3. The van der Waals surface area contributed by atoms with Crippen LogP contribution in [0.1, 0.15) is 24.2 Å². The Morgan fingerprint density at radius 3 is 2.43 bits per heavy atom. The van der Waals surface area contributed by atoms with Crippen molar-refractivity contribution in [3.05, 3.63) is 38.9 Å². The van der Waals surface area contributed by atoms with Gasteiger partial charge in [0, 0.05) is 17.7 Å². The highest BCUT2D eigenvalue weighted by Gasteiger charge is 2.08. The van der Waals surface area contributed by atoms with Crippen LogP contribution in [0.3, 0.4) is 0 Å². The average molecular weight is 216 g/mol. The smallest absolute Gasteiger partial charge is 0.270 e. The predicted molar refractivity (Wildman–Crippen MR) is 54.8 cm³/mol. The number of nitro groups is 1. The summed E-state index contributed by atoms with van der Waals surface area (Å²) in [6, 6.07) is 3.70. The third kappa shape index (κ3) is 3.14. The molecule has 1 rings (SSSR count). The molecule has 0 unspecified atom stereocenters. The van der Waals surface area contributed by atoms with E-state index in [1.54, 1.807) is 0 Å². The molecule has 1 aromatic carbocycles. The molecule has 76 valence electrons. The van der Waals surface area contributed by atoms with Gasteiger partial charge in [0.15, 0.2) is 6.29 Å². The highest BCUT2D eigenvalue weighted by Crippen LogP contribution is 2.19. The summed E-state index contributed by atoms with van der Waals surface area (Å²) in [5.74, 6) is 0. The lowest BCUT2D eigenvalue weighted by Gasteiger charge is -1.94. The van der Waals surface area contributed by atoms with Gasteiger partial charge in [-0.25, -0.2) is 0 Å². The second kappa shape index (κ2) is 6.10. The van der Waals surface area contributed by atoms with Crippen LogP contribution in [0.25, 0.3) is 0 Å².